The highest BCUT2D eigenvalue weighted by Gasteiger charge is 2.22. The molecule has 0 saturated carbocycles. The van der Waals surface area contributed by atoms with Crippen molar-refractivity contribution in [2.24, 2.45) is 0 Å². The third-order valence-electron chi connectivity index (χ3n) is 2.41. The largest absolute Gasteiger partial charge is 0.865 e. The minimum atomic E-state index is -0.919. The van der Waals surface area contributed by atoms with Gasteiger partial charge >= 0.3 is 0 Å². The number of pyridine rings is 1. The van der Waals surface area contributed by atoms with Gasteiger partial charge in [-0.25, -0.2) is 0 Å². The maximum absolute atomic E-state index is 11.1. The van der Waals surface area contributed by atoms with Gasteiger partial charge in [-0.15, -0.1) is 0 Å². The molecule has 15 heavy (non-hydrogen) atoms. The summed E-state index contributed by atoms with van der Waals surface area (Å²) in [6.45, 7) is 2.01. The lowest BCUT2D eigenvalue weighted by Crippen LogP contribution is -2.49. The molecule has 0 radical (unpaired) electrons. The van der Waals surface area contributed by atoms with E-state index in [1.807, 2.05) is 19.1 Å². The van der Waals surface area contributed by atoms with Crippen molar-refractivity contribution >= 4 is 0 Å². The normalized spacial score (nSPS) is 10.7. The van der Waals surface area contributed by atoms with Crippen LogP contribution in [0.3, 0.4) is 0 Å². The minimum Gasteiger partial charge on any atom is -0.865 e. The van der Waals surface area contributed by atoms with Gasteiger partial charge in [0.2, 0.25) is 5.43 Å². The average molecular weight is 203 g/mol. The first-order valence-electron chi connectivity index (χ1n) is 4.66. The third-order valence-corrected chi connectivity index (χ3v) is 2.41. The van der Waals surface area contributed by atoms with Crippen molar-refractivity contribution in [3.05, 3.63) is 50.5 Å². The number of rotatable bonds is 2. The van der Waals surface area contributed by atoms with Crippen LogP contribution in [-0.4, -0.2) is 0 Å². The molecule has 0 spiro atoms. The molecule has 4 heteroatoms. The minimum absolute atomic E-state index is 0.0531. The maximum Gasteiger partial charge on any atom is 0.296 e. The van der Waals surface area contributed by atoms with Gasteiger partial charge in [-0.05, 0) is 12.0 Å². The number of nitrogens with zero attached hydrogens (tertiary/aromatic N) is 1. The highest BCUT2D eigenvalue weighted by atomic mass is 16.3. The molecule has 4 nitrogen and oxygen atoms in total. The van der Waals surface area contributed by atoms with Gasteiger partial charge in [0.05, 0.1) is 0 Å². The lowest BCUT2D eigenvalue weighted by molar-refractivity contribution is -0.602. The van der Waals surface area contributed by atoms with Crippen LogP contribution in [-0.2, 0) is 6.42 Å². The molecule has 0 aliphatic carbocycles. The van der Waals surface area contributed by atoms with E-state index in [1.165, 1.54) is 4.57 Å². The Morgan fingerprint density at radius 2 is 1.80 bits per heavy atom. The van der Waals surface area contributed by atoms with Gasteiger partial charge in [0, 0.05) is 17.9 Å². The molecule has 0 unspecified atom stereocenters. The first-order chi connectivity index (χ1) is 7.15. The molecule has 0 bridgehead atoms. The van der Waals surface area contributed by atoms with Gasteiger partial charge < -0.3 is 5.11 Å². The molecule has 76 valence electrons. The Kier molecular flexibility index (Phi) is 2.11. The van der Waals surface area contributed by atoms with Crippen LogP contribution >= 0.6 is 0 Å². The van der Waals surface area contributed by atoms with E-state index in [1.54, 1.807) is 12.4 Å². The summed E-state index contributed by atoms with van der Waals surface area (Å²) in [6, 6.07) is 3.63. The lowest BCUT2D eigenvalue weighted by atomic mass is 10.2. The molecular formula is C11H9NO3. The van der Waals surface area contributed by atoms with Gasteiger partial charge in [-0.2, -0.15) is 4.57 Å². The van der Waals surface area contributed by atoms with Gasteiger partial charge in [0.25, 0.3) is 11.1 Å². The third kappa shape index (κ3) is 1.34. The molecule has 0 aliphatic heterocycles. The summed E-state index contributed by atoms with van der Waals surface area (Å²) in [6.07, 6.45) is 4.13. The Labute approximate surface area is 85.7 Å². The summed E-state index contributed by atoms with van der Waals surface area (Å²) in [7, 11) is 0. The van der Waals surface area contributed by atoms with E-state index >= 15 is 0 Å². The van der Waals surface area contributed by atoms with E-state index in [2.05, 4.69) is 0 Å². The predicted molar refractivity (Wildman–Crippen MR) is 51.7 cm³/mol. The molecule has 1 aromatic heterocycles. The summed E-state index contributed by atoms with van der Waals surface area (Å²) >= 11 is 0. The molecule has 0 atom stereocenters. The zero-order valence-electron chi connectivity index (χ0n) is 8.19. The van der Waals surface area contributed by atoms with Crippen LogP contribution in [0.1, 0.15) is 12.5 Å². The SMILES string of the molecule is CCc1cc[n+](-c2c([O-])c(=O)c2=O)cc1. The summed E-state index contributed by atoms with van der Waals surface area (Å²) in [5.74, 6) is -0.700. The topological polar surface area (TPSA) is 61.1 Å². The molecular weight excluding hydrogens is 194 g/mol. The average Bonchev–Trinajstić information content (AvgIpc) is 2.30. The quantitative estimate of drug-likeness (QED) is 0.474. The Balaban J connectivity index is 2.48. The summed E-state index contributed by atoms with van der Waals surface area (Å²) in [5, 5.41) is 11.1. The second kappa shape index (κ2) is 3.31. The summed E-state index contributed by atoms with van der Waals surface area (Å²) in [5.41, 5.74) is -0.564. The number of hydrogen-bond donors (Lipinski definition) is 0. The van der Waals surface area contributed by atoms with Gasteiger partial charge in [-0.1, -0.05) is 6.92 Å². The van der Waals surface area contributed by atoms with Crippen molar-refractivity contribution in [1.82, 2.24) is 0 Å². The summed E-state index contributed by atoms with van der Waals surface area (Å²) in [4.78, 5) is 21.8. The number of hydrogen-bond acceptors (Lipinski definition) is 3. The highest BCUT2D eigenvalue weighted by molar-refractivity contribution is 5.43. The van der Waals surface area contributed by atoms with E-state index in [4.69, 9.17) is 0 Å². The first-order valence-corrected chi connectivity index (χ1v) is 4.66. The van der Waals surface area contributed by atoms with Crippen LogP contribution in [0, 0.1) is 0 Å². The second-order valence-electron chi connectivity index (χ2n) is 3.30. The van der Waals surface area contributed by atoms with Crippen LogP contribution in [0.25, 0.3) is 5.69 Å². The summed E-state index contributed by atoms with van der Waals surface area (Å²) < 4.78 is 1.39. The van der Waals surface area contributed by atoms with E-state index in [0.717, 1.165) is 12.0 Å². The van der Waals surface area contributed by atoms with Gasteiger partial charge in [0.1, 0.15) is 0 Å². The molecule has 1 heterocycles. The van der Waals surface area contributed by atoms with Crippen LogP contribution < -0.4 is 20.5 Å². The fourth-order valence-electron chi connectivity index (χ4n) is 1.44. The van der Waals surface area contributed by atoms with Gasteiger partial charge in [0.15, 0.2) is 12.4 Å². The Bertz CT molecular complexity index is 562. The molecule has 0 N–H and O–H groups in total. The number of aryl methyl sites for hydroxylation is 1. The van der Waals surface area contributed by atoms with E-state index < -0.39 is 16.6 Å². The van der Waals surface area contributed by atoms with Crippen molar-refractivity contribution < 1.29 is 9.67 Å². The molecule has 2 aromatic rings. The fourth-order valence-corrected chi connectivity index (χ4v) is 1.44. The lowest BCUT2D eigenvalue weighted by Gasteiger charge is -2.08. The van der Waals surface area contributed by atoms with E-state index in [0.29, 0.717) is 0 Å². The molecule has 1 aromatic carbocycles. The van der Waals surface area contributed by atoms with Crippen LogP contribution in [0.4, 0.5) is 0 Å². The molecule has 0 saturated heterocycles. The standard InChI is InChI=1S/C11H9NO3/c1-2-7-3-5-12(6-4-7)8-9(13)11(15)10(8)14/h3-6H,2H2,1H3. The van der Waals surface area contributed by atoms with Crippen molar-refractivity contribution in [1.29, 1.82) is 0 Å². The van der Waals surface area contributed by atoms with Gasteiger partial charge in [-0.3, -0.25) is 9.59 Å². The fraction of sp³-hybridized carbons (Fsp3) is 0.182. The van der Waals surface area contributed by atoms with Crippen LogP contribution in [0.5, 0.6) is 5.75 Å². The predicted octanol–water partition coefficient (Wildman–Crippen LogP) is -0.805. The Morgan fingerprint density at radius 3 is 2.27 bits per heavy atom. The molecule has 0 aliphatic rings. The second-order valence-corrected chi connectivity index (χ2v) is 3.30. The highest BCUT2D eigenvalue weighted by Crippen LogP contribution is 2.04. The monoisotopic (exact) mass is 203 g/mol. The van der Waals surface area contributed by atoms with Crippen molar-refractivity contribution in [2.45, 2.75) is 13.3 Å². The smallest absolute Gasteiger partial charge is 0.296 e. The van der Waals surface area contributed by atoms with Crippen molar-refractivity contribution in [3.63, 3.8) is 0 Å². The molecule has 0 amide bonds. The van der Waals surface area contributed by atoms with E-state index in [9.17, 15) is 14.7 Å². The number of aromatic nitrogens is 1. The van der Waals surface area contributed by atoms with Crippen molar-refractivity contribution in [3.8, 4) is 11.4 Å². The zero-order chi connectivity index (χ0) is 11.0. The Hall–Kier alpha value is -1.97. The first kappa shape index (κ1) is 9.58. The van der Waals surface area contributed by atoms with E-state index in [-0.39, 0.29) is 5.69 Å². The maximum atomic E-state index is 11.1. The zero-order valence-corrected chi connectivity index (χ0v) is 8.19. The van der Waals surface area contributed by atoms with Crippen LogP contribution in [0.15, 0.2) is 34.1 Å². The van der Waals surface area contributed by atoms with Crippen molar-refractivity contribution in [2.75, 3.05) is 0 Å². The van der Waals surface area contributed by atoms with Crippen LogP contribution in [0.2, 0.25) is 0 Å². The molecule has 2 rings (SSSR count). The Morgan fingerprint density at radius 1 is 1.20 bits per heavy atom. The molecule has 0 fully saturated rings.